The third kappa shape index (κ3) is 2.71. The Labute approximate surface area is 106 Å². The van der Waals surface area contributed by atoms with Gasteiger partial charge in [-0.2, -0.15) is 0 Å². The summed E-state index contributed by atoms with van der Waals surface area (Å²) in [4.78, 5) is 0. The van der Waals surface area contributed by atoms with Crippen LogP contribution in [0.1, 0.15) is 57.2 Å². The molecule has 0 aliphatic carbocycles. The van der Waals surface area contributed by atoms with Gasteiger partial charge in [0.15, 0.2) is 0 Å². The second-order valence-electron chi connectivity index (χ2n) is 6.09. The molecular weight excluding hydrogens is 206 g/mol. The van der Waals surface area contributed by atoms with Gasteiger partial charge in [-0.05, 0) is 35.3 Å². The molecule has 1 aliphatic rings. The second kappa shape index (κ2) is 5.22. The van der Waals surface area contributed by atoms with Crippen molar-refractivity contribution in [2.75, 3.05) is 6.54 Å². The Morgan fingerprint density at radius 2 is 1.76 bits per heavy atom. The van der Waals surface area contributed by atoms with E-state index in [2.05, 4.69) is 57.3 Å². The average Bonchev–Trinajstić information content (AvgIpc) is 2.28. The summed E-state index contributed by atoms with van der Waals surface area (Å²) >= 11 is 0. The minimum atomic E-state index is 0.537. The minimum Gasteiger partial charge on any atom is -0.309 e. The van der Waals surface area contributed by atoms with Gasteiger partial charge < -0.3 is 5.32 Å². The predicted molar refractivity (Wildman–Crippen MR) is 74.2 cm³/mol. The van der Waals surface area contributed by atoms with Gasteiger partial charge in [0.2, 0.25) is 0 Å². The number of benzene rings is 1. The van der Waals surface area contributed by atoms with Crippen LogP contribution in [0, 0.1) is 11.8 Å². The van der Waals surface area contributed by atoms with E-state index in [1.165, 1.54) is 12.0 Å². The van der Waals surface area contributed by atoms with Crippen molar-refractivity contribution in [1.82, 2.24) is 5.32 Å². The van der Waals surface area contributed by atoms with Crippen LogP contribution in [0.2, 0.25) is 0 Å². The first-order valence-electron chi connectivity index (χ1n) is 6.91. The smallest absolute Gasteiger partial charge is 0.0346 e. The Kier molecular flexibility index (Phi) is 3.88. The Hall–Kier alpha value is -0.820. The highest BCUT2D eigenvalue weighted by Crippen LogP contribution is 2.36. The first-order valence-corrected chi connectivity index (χ1v) is 6.91. The summed E-state index contributed by atoms with van der Waals surface area (Å²) in [6.45, 7) is 10.4. The molecule has 1 heterocycles. The Morgan fingerprint density at radius 1 is 1.12 bits per heavy atom. The van der Waals surface area contributed by atoms with Crippen molar-refractivity contribution in [3.8, 4) is 0 Å². The third-order valence-corrected chi connectivity index (χ3v) is 3.78. The monoisotopic (exact) mass is 231 g/mol. The number of rotatable bonds is 3. The van der Waals surface area contributed by atoms with E-state index in [1.54, 1.807) is 5.56 Å². The first kappa shape index (κ1) is 12.6. The molecule has 2 unspecified atom stereocenters. The van der Waals surface area contributed by atoms with Crippen LogP contribution in [-0.2, 0) is 0 Å². The van der Waals surface area contributed by atoms with Crippen molar-refractivity contribution in [1.29, 1.82) is 0 Å². The highest BCUT2D eigenvalue weighted by molar-refractivity contribution is 5.36. The highest BCUT2D eigenvalue weighted by atomic mass is 14.9. The van der Waals surface area contributed by atoms with Gasteiger partial charge in [0.25, 0.3) is 0 Å². The SMILES string of the molecule is CC(C)CC1CNC(C(C)C)c2ccccc21. The second-order valence-corrected chi connectivity index (χ2v) is 6.09. The maximum absolute atomic E-state index is 3.73. The summed E-state index contributed by atoms with van der Waals surface area (Å²) in [6.07, 6.45) is 1.29. The fourth-order valence-corrected chi connectivity index (χ4v) is 3.03. The predicted octanol–water partition coefficient (Wildman–Crippen LogP) is 4.12. The van der Waals surface area contributed by atoms with Crippen LogP contribution in [0.25, 0.3) is 0 Å². The van der Waals surface area contributed by atoms with Crippen molar-refractivity contribution in [2.24, 2.45) is 11.8 Å². The van der Waals surface area contributed by atoms with Gasteiger partial charge in [0.1, 0.15) is 0 Å². The number of hydrogen-bond donors (Lipinski definition) is 1. The molecular formula is C16H25N. The molecule has 1 aromatic carbocycles. The van der Waals surface area contributed by atoms with E-state index in [0.29, 0.717) is 17.9 Å². The molecule has 1 nitrogen and oxygen atoms in total. The van der Waals surface area contributed by atoms with E-state index in [0.717, 1.165) is 12.5 Å². The molecule has 0 amide bonds. The zero-order valence-corrected chi connectivity index (χ0v) is 11.5. The van der Waals surface area contributed by atoms with E-state index >= 15 is 0 Å². The van der Waals surface area contributed by atoms with Crippen LogP contribution in [0.4, 0.5) is 0 Å². The molecule has 94 valence electrons. The molecule has 1 aromatic rings. The van der Waals surface area contributed by atoms with E-state index < -0.39 is 0 Å². The van der Waals surface area contributed by atoms with Gasteiger partial charge in [0.05, 0.1) is 0 Å². The Bertz CT molecular complexity index is 368. The molecule has 0 aromatic heterocycles. The summed E-state index contributed by atoms with van der Waals surface area (Å²) in [5.41, 5.74) is 3.11. The normalized spacial score (nSPS) is 24.1. The van der Waals surface area contributed by atoms with Crippen LogP contribution < -0.4 is 5.32 Å². The molecule has 17 heavy (non-hydrogen) atoms. The zero-order chi connectivity index (χ0) is 12.4. The standard InChI is InChI=1S/C16H25N/c1-11(2)9-13-10-17-16(12(3)4)15-8-6-5-7-14(13)15/h5-8,11-13,16-17H,9-10H2,1-4H3. The lowest BCUT2D eigenvalue weighted by Gasteiger charge is -2.35. The maximum Gasteiger partial charge on any atom is 0.0346 e. The van der Waals surface area contributed by atoms with Gasteiger partial charge in [-0.15, -0.1) is 0 Å². The molecule has 0 spiro atoms. The molecule has 0 saturated carbocycles. The molecule has 2 atom stereocenters. The molecule has 1 heteroatoms. The molecule has 0 fully saturated rings. The van der Waals surface area contributed by atoms with Gasteiger partial charge in [-0.25, -0.2) is 0 Å². The number of hydrogen-bond acceptors (Lipinski definition) is 1. The quantitative estimate of drug-likeness (QED) is 0.825. The van der Waals surface area contributed by atoms with Crippen molar-refractivity contribution in [3.05, 3.63) is 35.4 Å². The van der Waals surface area contributed by atoms with Crippen LogP contribution in [-0.4, -0.2) is 6.54 Å². The summed E-state index contributed by atoms with van der Waals surface area (Å²) in [5, 5.41) is 3.73. The van der Waals surface area contributed by atoms with E-state index in [-0.39, 0.29) is 0 Å². The lowest BCUT2D eigenvalue weighted by atomic mass is 9.79. The topological polar surface area (TPSA) is 12.0 Å². The molecule has 0 radical (unpaired) electrons. The molecule has 0 bridgehead atoms. The summed E-state index contributed by atoms with van der Waals surface area (Å²) in [7, 11) is 0. The number of fused-ring (bicyclic) bond motifs is 1. The van der Waals surface area contributed by atoms with Crippen molar-refractivity contribution >= 4 is 0 Å². The van der Waals surface area contributed by atoms with Crippen LogP contribution in [0.15, 0.2) is 24.3 Å². The maximum atomic E-state index is 3.73. The minimum absolute atomic E-state index is 0.537. The Morgan fingerprint density at radius 3 is 2.35 bits per heavy atom. The lowest BCUT2D eigenvalue weighted by molar-refractivity contribution is 0.349. The van der Waals surface area contributed by atoms with E-state index in [1.807, 2.05) is 0 Å². The highest BCUT2D eigenvalue weighted by Gasteiger charge is 2.28. The van der Waals surface area contributed by atoms with Crippen LogP contribution in [0.5, 0.6) is 0 Å². The van der Waals surface area contributed by atoms with Gasteiger partial charge >= 0.3 is 0 Å². The average molecular weight is 231 g/mol. The lowest BCUT2D eigenvalue weighted by Crippen LogP contribution is -2.36. The zero-order valence-electron chi connectivity index (χ0n) is 11.5. The molecule has 1 aliphatic heterocycles. The summed E-state index contributed by atoms with van der Waals surface area (Å²) in [6, 6.07) is 9.54. The van der Waals surface area contributed by atoms with Gasteiger partial charge in [-0.1, -0.05) is 52.0 Å². The largest absolute Gasteiger partial charge is 0.309 e. The van der Waals surface area contributed by atoms with Crippen LogP contribution >= 0.6 is 0 Å². The van der Waals surface area contributed by atoms with Crippen molar-refractivity contribution in [2.45, 2.75) is 46.1 Å². The van der Waals surface area contributed by atoms with Crippen molar-refractivity contribution < 1.29 is 0 Å². The van der Waals surface area contributed by atoms with Gasteiger partial charge in [-0.3, -0.25) is 0 Å². The number of nitrogens with one attached hydrogen (secondary N) is 1. The Balaban J connectivity index is 2.30. The van der Waals surface area contributed by atoms with E-state index in [4.69, 9.17) is 0 Å². The summed E-state index contributed by atoms with van der Waals surface area (Å²) < 4.78 is 0. The molecule has 1 N–H and O–H groups in total. The van der Waals surface area contributed by atoms with Gasteiger partial charge in [0, 0.05) is 12.6 Å². The first-order chi connectivity index (χ1) is 8.09. The third-order valence-electron chi connectivity index (χ3n) is 3.78. The fraction of sp³-hybridized carbons (Fsp3) is 0.625. The molecule has 0 saturated heterocycles. The summed E-state index contributed by atoms with van der Waals surface area (Å²) in [5.74, 6) is 2.13. The van der Waals surface area contributed by atoms with Crippen molar-refractivity contribution in [3.63, 3.8) is 0 Å². The van der Waals surface area contributed by atoms with E-state index in [9.17, 15) is 0 Å². The van der Waals surface area contributed by atoms with Crippen LogP contribution in [0.3, 0.4) is 0 Å². The fourth-order valence-electron chi connectivity index (χ4n) is 3.03. The molecule has 2 rings (SSSR count).